The Labute approximate surface area is 151 Å². The van der Waals surface area contributed by atoms with Crippen LogP contribution in [0, 0.1) is 6.92 Å². The first-order valence-electron chi connectivity index (χ1n) is 7.93. The van der Waals surface area contributed by atoms with Gasteiger partial charge in [-0.05, 0) is 52.3 Å². The molecule has 0 bridgehead atoms. The summed E-state index contributed by atoms with van der Waals surface area (Å²) >= 11 is 0. The first-order chi connectivity index (χ1) is 11.6. The van der Waals surface area contributed by atoms with Crippen molar-refractivity contribution in [2.75, 3.05) is 0 Å². The Morgan fingerprint density at radius 1 is 1.20 bits per heavy atom. The van der Waals surface area contributed by atoms with Crippen molar-refractivity contribution in [2.45, 2.75) is 50.7 Å². The van der Waals surface area contributed by atoms with Crippen molar-refractivity contribution in [1.29, 1.82) is 0 Å². The van der Waals surface area contributed by atoms with E-state index in [1.165, 1.54) is 6.20 Å². The number of hydrogen-bond acceptors (Lipinski definition) is 4. The summed E-state index contributed by atoms with van der Waals surface area (Å²) in [4.78, 5) is 0.168. The van der Waals surface area contributed by atoms with Gasteiger partial charge in [0.15, 0.2) is 0 Å². The highest BCUT2D eigenvalue weighted by Crippen LogP contribution is 2.17. The first-order valence-corrected chi connectivity index (χ1v) is 10.5. The average Bonchev–Trinajstić information content (AvgIpc) is 3.02. The van der Waals surface area contributed by atoms with Crippen LogP contribution in [0.3, 0.4) is 0 Å². The number of aryl methyl sites for hydroxylation is 1. The van der Waals surface area contributed by atoms with Crippen molar-refractivity contribution in [3.05, 3.63) is 47.8 Å². The SMILES string of the molecule is CCC(=N[S@](=O)C(C)(C)C)c1ccn(S(=O)(=O)c2ccc(C)cc2)n1. The molecule has 1 heterocycles. The molecule has 0 amide bonds. The molecule has 8 heteroatoms. The van der Waals surface area contributed by atoms with Gasteiger partial charge in [0.05, 0.1) is 15.4 Å². The van der Waals surface area contributed by atoms with Gasteiger partial charge < -0.3 is 0 Å². The second kappa shape index (κ2) is 7.21. The summed E-state index contributed by atoms with van der Waals surface area (Å²) in [7, 11) is -5.19. The second-order valence-corrected chi connectivity index (χ2v) is 10.3. The van der Waals surface area contributed by atoms with Crippen molar-refractivity contribution < 1.29 is 12.6 Å². The summed E-state index contributed by atoms with van der Waals surface area (Å²) in [5, 5.41) is 4.15. The molecule has 25 heavy (non-hydrogen) atoms. The summed E-state index contributed by atoms with van der Waals surface area (Å²) in [6.45, 7) is 9.26. The maximum atomic E-state index is 12.7. The third-order valence-electron chi connectivity index (χ3n) is 3.48. The quantitative estimate of drug-likeness (QED) is 0.745. The Kier molecular flexibility index (Phi) is 5.63. The third kappa shape index (κ3) is 4.43. The van der Waals surface area contributed by atoms with E-state index in [1.54, 1.807) is 30.3 Å². The molecule has 1 atom stereocenters. The van der Waals surface area contributed by atoms with Crippen molar-refractivity contribution in [1.82, 2.24) is 9.19 Å². The zero-order valence-electron chi connectivity index (χ0n) is 15.1. The highest BCUT2D eigenvalue weighted by Gasteiger charge is 2.22. The molecule has 136 valence electrons. The minimum absolute atomic E-state index is 0.168. The van der Waals surface area contributed by atoms with E-state index in [4.69, 9.17) is 0 Å². The lowest BCUT2D eigenvalue weighted by molar-refractivity contribution is 0.580. The fourth-order valence-electron chi connectivity index (χ4n) is 1.94. The highest BCUT2D eigenvalue weighted by atomic mass is 32.2. The second-order valence-electron chi connectivity index (χ2n) is 6.64. The van der Waals surface area contributed by atoms with Gasteiger partial charge in [0.1, 0.15) is 16.7 Å². The van der Waals surface area contributed by atoms with Gasteiger partial charge in [0, 0.05) is 6.20 Å². The van der Waals surface area contributed by atoms with Crippen LogP contribution >= 0.6 is 0 Å². The van der Waals surface area contributed by atoms with Crippen LogP contribution in [0.4, 0.5) is 0 Å². The maximum absolute atomic E-state index is 12.7. The molecule has 0 aliphatic rings. The molecular formula is C17H23N3O3S2. The predicted octanol–water partition coefficient (Wildman–Crippen LogP) is 3.09. The zero-order chi connectivity index (χ0) is 18.8. The topological polar surface area (TPSA) is 81.4 Å². The van der Waals surface area contributed by atoms with Crippen LogP contribution in [0.1, 0.15) is 45.4 Å². The Morgan fingerprint density at radius 3 is 2.32 bits per heavy atom. The lowest BCUT2D eigenvalue weighted by atomic mass is 10.2. The highest BCUT2D eigenvalue weighted by molar-refractivity contribution is 7.89. The first kappa shape index (κ1) is 19.5. The van der Waals surface area contributed by atoms with Crippen LogP contribution in [0.15, 0.2) is 45.8 Å². The lowest BCUT2D eigenvalue weighted by Gasteiger charge is -2.14. The van der Waals surface area contributed by atoms with Crippen LogP contribution < -0.4 is 0 Å². The number of benzene rings is 1. The average molecular weight is 382 g/mol. The van der Waals surface area contributed by atoms with E-state index in [0.717, 1.165) is 9.65 Å². The van der Waals surface area contributed by atoms with Gasteiger partial charge in [-0.3, -0.25) is 0 Å². The maximum Gasteiger partial charge on any atom is 0.282 e. The van der Waals surface area contributed by atoms with Crippen molar-refractivity contribution in [3.8, 4) is 0 Å². The molecule has 2 aromatic rings. The van der Waals surface area contributed by atoms with Gasteiger partial charge in [-0.15, -0.1) is 0 Å². The smallest absolute Gasteiger partial charge is 0.234 e. The molecule has 0 saturated heterocycles. The number of nitrogens with zero attached hydrogens (tertiary/aromatic N) is 3. The normalized spacial score (nSPS) is 14.5. The van der Waals surface area contributed by atoms with E-state index in [2.05, 4.69) is 9.50 Å². The standard InChI is InChI=1S/C17H23N3O3S2/c1-6-15(19-24(21)17(3,4)5)16-11-12-20(18-16)25(22,23)14-9-7-13(2)8-10-14/h7-12H,6H2,1-5H3/t24-/m1/s1. The number of aromatic nitrogens is 2. The number of hydrogen-bond donors (Lipinski definition) is 0. The molecule has 0 radical (unpaired) electrons. The minimum Gasteiger partial charge on any atom is -0.234 e. The summed E-state index contributed by atoms with van der Waals surface area (Å²) in [5.41, 5.74) is 1.91. The molecule has 0 N–H and O–H groups in total. The molecule has 0 aliphatic heterocycles. The monoisotopic (exact) mass is 381 g/mol. The minimum atomic E-state index is -3.76. The molecule has 0 saturated carbocycles. The van der Waals surface area contributed by atoms with Crippen LogP contribution in [0.2, 0.25) is 0 Å². The van der Waals surface area contributed by atoms with E-state index in [-0.39, 0.29) is 4.90 Å². The van der Waals surface area contributed by atoms with E-state index in [9.17, 15) is 12.6 Å². The van der Waals surface area contributed by atoms with Crippen LogP contribution in [0.25, 0.3) is 0 Å². The third-order valence-corrected chi connectivity index (χ3v) is 6.48. The Morgan fingerprint density at radius 2 is 1.80 bits per heavy atom. The molecule has 1 aromatic heterocycles. The zero-order valence-corrected chi connectivity index (χ0v) is 16.7. The molecule has 1 aromatic carbocycles. The molecule has 0 unspecified atom stereocenters. The van der Waals surface area contributed by atoms with Crippen LogP contribution in [-0.2, 0) is 21.0 Å². The molecule has 6 nitrogen and oxygen atoms in total. The van der Waals surface area contributed by atoms with Crippen molar-refractivity contribution in [3.63, 3.8) is 0 Å². The van der Waals surface area contributed by atoms with Gasteiger partial charge in [0.2, 0.25) is 0 Å². The Balaban J connectivity index is 2.40. The largest absolute Gasteiger partial charge is 0.282 e. The van der Waals surface area contributed by atoms with Crippen LogP contribution in [-0.4, -0.2) is 32.3 Å². The van der Waals surface area contributed by atoms with Gasteiger partial charge >= 0.3 is 0 Å². The van der Waals surface area contributed by atoms with Gasteiger partial charge in [-0.1, -0.05) is 24.6 Å². The van der Waals surface area contributed by atoms with Gasteiger partial charge in [0.25, 0.3) is 10.0 Å². The summed E-state index contributed by atoms with van der Waals surface area (Å²) in [6.07, 6.45) is 1.89. The van der Waals surface area contributed by atoms with E-state index in [1.807, 2.05) is 34.6 Å². The molecule has 0 aliphatic carbocycles. The van der Waals surface area contributed by atoms with Gasteiger partial charge in [-0.25, -0.2) is 4.21 Å². The van der Waals surface area contributed by atoms with Crippen molar-refractivity contribution >= 4 is 26.7 Å². The summed E-state index contributed by atoms with van der Waals surface area (Å²) in [5.74, 6) is 0. The van der Waals surface area contributed by atoms with Crippen molar-refractivity contribution in [2.24, 2.45) is 4.40 Å². The van der Waals surface area contributed by atoms with E-state index >= 15 is 0 Å². The lowest BCUT2D eigenvalue weighted by Crippen LogP contribution is -2.21. The molecule has 2 rings (SSSR count). The Hall–Kier alpha value is -1.80. The molecule has 0 spiro atoms. The van der Waals surface area contributed by atoms with Crippen LogP contribution in [0.5, 0.6) is 0 Å². The van der Waals surface area contributed by atoms with Gasteiger partial charge in [-0.2, -0.15) is 22.0 Å². The number of rotatable bonds is 5. The fourth-order valence-corrected chi connectivity index (χ4v) is 3.75. The molecular weight excluding hydrogens is 358 g/mol. The van der Waals surface area contributed by atoms with E-state index < -0.39 is 25.8 Å². The fraction of sp³-hybridized carbons (Fsp3) is 0.412. The Bertz CT molecular complexity index is 905. The molecule has 0 fully saturated rings. The summed E-state index contributed by atoms with van der Waals surface area (Å²) < 4.78 is 42.2. The predicted molar refractivity (Wildman–Crippen MR) is 101 cm³/mol. The summed E-state index contributed by atoms with van der Waals surface area (Å²) in [6, 6.07) is 8.16. The van der Waals surface area contributed by atoms with E-state index in [0.29, 0.717) is 17.8 Å².